The van der Waals surface area contributed by atoms with Crippen LogP contribution in [-0.4, -0.2) is 46.8 Å². The second-order valence-corrected chi connectivity index (χ2v) is 5.81. The molecule has 0 aromatic heterocycles. The number of rotatable bonds is 11. The number of hydrogen-bond donors (Lipinski definition) is 2. The molecule has 0 fully saturated rings. The maximum atomic E-state index is 12.0. The average Bonchev–Trinajstić information content (AvgIpc) is 2.63. The molecule has 0 saturated heterocycles. The molecule has 1 unspecified atom stereocenters. The molecule has 1 aromatic carbocycles. The first-order valence-corrected chi connectivity index (χ1v) is 8.37. The van der Waals surface area contributed by atoms with Crippen molar-refractivity contribution >= 4 is 23.9 Å². The number of carbonyl (C=O) groups is 4. The van der Waals surface area contributed by atoms with Crippen LogP contribution in [0.5, 0.6) is 0 Å². The van der Waals surface area contributed by atoms with Crippen molar-refractivity contribution in [3.63, 3.8) is 0 Å². The number of benzene rings is 1. The number of carbonyl (C=O) groups excluding carboxylic acids is 2. The standard InChI is InChI=1S/C19H22O8/c1-3-16(20)27-12(2)7-5-4-6-10-26-19(25)13-8-9-14(17(21)22)15(11-13)18(23)24/h3,8-9,11-12H,1,4-7,10H2,2H3,(H,21,22)(H,23,24). The summed E-state index contributed by atoms with van der Waals surface area (Å²) in [4.78, 5) is 45.1. The third-order valence-electron chi connectivity index (χ3n) is 3.69. The number of unbranched alkanes of at least 4 members (excludes halogenated alkanes) is 2. The summed E-state index contributed by atoms with van der Waals surface area (Å²) in [6, 6.07) is 3.27. The molecule has 0 radical (unpaired) electrons. The minimum absolute atomic E-state index is 0.0256. The first-order valence-electron chi connectivity index (χ1n) is 8.37. The van der Waals surface area contributed by atoms with Crippen LogP contribution in [0.3, 0.4) is 0 Å². The number of hydrogen-bond acceptors (Lipinski definition) is 6. The van der Waals surface area contributed by atoms with Crippen LogP contribution in [0.2, 0.25) is 0 Å². The second-order valence-electron chi connectivity index (χ2n) is 5.81. The van der Waals surface area contributed by atoms with Crippen molar-refractivity contribution in [1.29, 1.82) is 0 Å². The molecule has 0 bridgehead atoms. The zero-order chi connectivity index (χ0) is 20.4. The third kappa shape index (κ3) is 7.31. The van der Waals surface area contributed by atoms with Crippen molar-refractivity contribution in [2.24, 2.45) is 0 Å². The SMILES string of the molecule is C=CC(=O)OC(C)CCCCCOC(=O)c1ccc(C(=O)O)c(C(=O)O)c1. The molecule has 8 nitrogen and oxygen atoms in total. The van der Waals surface area contributed by atoms with Crippen LogP contribution >= 0.6 is 0 Å². The molecular formula is C19H22O8. The van der Waals surface area contributed by atoms with Crippen molar-refractivity contribution in [3.05, 3.63) is 47.5 Å². The van der Waals surface area contributed by atoms with Gasteiger partial charge < -0.3 is 19.7 Å². The molecule has 0 saturated carbocycles. The number of ether oxygens (including phenoxy) is 2. The molecule has 1 rings (SSSR count). The summed E-state index contributed by atoms with van der Waals surface area (Å²) in [6.07, 6.45) is 3.68. The van der Waals surface area contributed by atoms with Gasteiger partial charge in [-0.25, -0.2) is 19.2 Å². The van der Waals surface area contributed by atoms with E-state index in [-0.39, 0.29) is 18.3 Å². The topological polar surface area (TPSA) is 127 Å². The van der Waals surface area contributed by atoms with Gasteiger partial charge in [0.1, 0.15) is 0 Å². The normalized spacial score (nSPS) is 11.3. The Morgan fingerprint density at radius 2 is 1.74 bits per heavy atom. The lowest BCUT2D eigenvalue weighted by molar-refractivity contribution is -0.142. The third-order valence-corrected chi connectivity index (χ3v) is 3.69. The summed E-state index contributed by atoms with van der Waals surface area (Å²) in [7, 11) is 0. The predicted molar refractivity (Wildman–Crippen MR) is 94.9 cm³/mol. The van der Waals surface area contributed by atoms with Crippen LogP contribution in [0.25, 0.3) is 0 Å². The van der Waals surface area contributed by atoms with Gasteiger partial charge in [0, 0.05) is 6.08 Å². The minimum atomic E-state index is -1.44. The Hall–Kier alpha value is -3.16. The minimum Gasteiger partial charge on any atom is -0.478 e. The number of carboxylic acid groups (broad SMARTS) is 2. The summed E-state index contributed by atoms with van der Waals surface area (Å²) in [5.41, 5.74) is -0.896. The van der Waals surface area contributed by atoms with Gasteiger partial charge in [0.15, 0.2) is 0 Å². The fourth-order valence-corrected chi connectivity index (χ4v) is 2.30. The Bertz CT molecular complexity index is 722. The molecule has 8 heteroatoms. The van der Waals surface area contributed by atoms with Gasteiger partial charge >= 0.3 is 23.9 Å². The van der Waals surface area contributed by atoms with Crippen LogP contribution in [0.4, 0.5) is 0 Å². The molecule has 0 aliphatic rings. The van der Waals surface area contributed by atoms with E-state index in [1.807, 2.05) is 0 Å². The maximum absolute atomic E-state index is 12.0. The lowest BCUT2D eigenvalue weighted by atomic mass is 10.0. The van der Waals surface area contributed by atoms with Gasteiger partial charge in [0.2, 0.25) is 0 Å². The van der Waals surface area contributed by atoms with E-state index in [2.05, 4.69) is 6.58 Å². The fourth-order valence-electron chi connectivity index (χ4n) is 2.30. The van der Waals surface area contributed by atoms with E-state index in [9.17, 15) is 19.2 Å². The van der Waals surface area contributed by atoms with Crippen LogP contribution in [0, 0.1) is 0 Å². The summed E-state index contributed by atoms with van der Waals surface area (Å²) in [5, 5.41) is 18.0. The first-order chi connectivity index (χ1) is 12.8. The molecule has 1 aromatic rings. The van der Waals surface area contributed by atoms with E-state index in [4.69, 9.17) is 19.7 Å². The maximum Gasteiger partial charge on any atom is 0.338 e. The Morgan fingerprint density at radius 3 is 2.33 bits per heavy atom. The smallest absolute Gasteiger partial charge is 0.338 e. The molecule has 0 spiro atoms. The summed E-state index contributed by atoms with van der Waals surface area (Å²) >= 11 is 0. The highest BCUT2D eigenvalue weighted by atomic mass is 16.5. The van der Waals surface area contributed by atoms with E-state index < -0.39 is 35.0 Å². The van der Waals surface area contributed by atoms with Gasteiger partial charge in [-0.3, -0.25) is 0 Å². The zero-order valence-corrected chi connectivity index (χ0v) is 15.0. The Morgan fingerprint density at radius 1 is 1.07 bits per heavy atom. The summed E-state index contributed by atoms with van der Waals surface area (Å²) in [6.45, 7) is 5.24. The lowest BCUT2D eigenvalue weighted by Gasteiger charge is -2.11. The Labute approximate surface area is 156 Å². The van der Waals surface area contributed by atoms with Crippen molar-refractivity contribution in [2.75, 3.05) is 6.61 Å². The van der Waals surface area contributed by atoms with E-state index >= 15 is 0 Å². The van der Waals surface area contributed by atoms with Crippen molar-refractivity contribution < 1.29 is 38.9 Å². The monoisotopic (exact) mass is 378 g/mol. The van der Waals surface area contributed by atoms with Crippen LogP contribution < -0.4 is 0 Å². The summed E-state index contributed by atoms with van der Waals surface area (Å²) in [5.74, 6) is -4.01. The molecule has 146 valence electrons. The summed E-state index contributed by atoms with van der Waals surface area (Å²) < 4.78 is 10.1. The van der Waals surface area contributed by atoms with Gasteiger partial charge in [-0.15, -0.1) is 0 Å². The zero-order valence-electron chi connectivity index (χ0n) is 15.0. The average molecular weight is 378 g/mol. The van der Waals surface area contributed by atoms with Crippen molar-refractivity contribution in [2.45, 2.75) is 38.7 Å². The van der Waals surface area contributed by atoms with Crippen molar-refractivity contribution in [1.82, 2.24) is 0 Å². The molecule has 1 atom stereocenters. The molecule has 0 aliphatic carbocycles. The Kier molecular flexibility index (Phi) is 8.71. The van der Waals surface area contributed by atoms with E-state index in [1.54, 1.807) is 6.92 Å². The number of aromatic carboxylic acids is 2. The molecule has 2 N–H and O–H groups in total. The lowest BCUT2D eigenvalue weighted by Crippen LogP contribution is -2.13. The number of carboxylic acids is 2. The van der Waals surface area contributed by atoms with Crippen LogP contribution in [-0.2, 0) is 14.3 Å². The molecule has 0 amide bonds. The highest BCUT2D eigenvalue weighted by Gasteiger charge is 2.19. The van der Waals surface area contributed by atoms with E-state index in [1.165, 1.54) is 6.07 Å². The van der Waals surface area contributed by atoms with Crippen LogP contribution in [0.15, 0.2) is 30.9 Å². The van der Waals surface area contributed by atoms with Gasteiger partial charge in [0.05, 0.1) is 29.4 Å². The second kappa shape index (κ2) is 10.7. The van der Waals surface area contributed by atoms with Gasteiger partial charge in [-0.05, 0) is 50.8 Å². The van der Waals surface area contributed by atoms with E-state index in [0.29, 0.717) is 12.8 Å². The largest absolute Gasteiger partial charge is 0.478 e. The van der Waals surface area contributed by atoms with Gasteiger partial charge in [-0.1, -0.05) is 6.58 Å². The molecular weight excluding hydrogens is 356 g/mol. The predicted octanol–water partition coefficient (Wildman–Crippen LogP) is 2.92. The molecule has 0 aliphatic heterocycles. The fraction of sp³-hybridized carbons (Fsp3) is 0.368. The molecule has 27 heavy (non-hydrogen) atoms. The van der Waals surface area contributed by atoms with Crippen molar-refractivity contribution in [3.8, 4) is 0 Å². The van der Waals surface area contributed by atoms with E-state index in [0.717, 1.165) is 31.1 Å². The van der Waals surface area contributed by atoms with Gasteiger partial charge in [-0.2, -0.15) is 0 Å². The highest BCUT2D eigenvalue weighted by molar-refractivity contribution is 6.03. The number of esters is 2. The molecule has 0 heterocycles. The van der Waals surface area contributed by atoms with Crippen LogP contribution in [0.1, 0.15) is 63.7 Å². The quantitative estimate of drug-likeness (QED) is 0.342. The van der Waals surface area contributed by atoms with Gasteiger partial charge in [0.25, 0.3) is 0 Å². The first kappa shape index (κ1) is 21.9. The Balaban J connectivity index is 2.42. The highest BCUT2D eigenvalue weighted by Crippen LogP contribution is 2.14.